The van der Waals surface area contributed by atoms with E-state index < -0.39 is 0 Å². The van der Waals surface area contributed by atoms with Crippen LogP contribution in [0.25, 0.3) is 0 Å². The summed E-state index contributed by atoms with van der Waals surface area (Å²) in [6.07, 6.45) is 7.14. The average Bonchev–Trinajstić information content (AvgIpc) is 3.37. The van der Waals surface area contributed by atoms with E-state index in [2.05, 4.69) is 56.9 Å². The van der Waals surface area contributed by atoms with Crippen LogP contribution in [0.3, 0.4) is 0 Å². The first-order valence-electron chi connectivity index (χ1n) is 10.1. The van der Waals surface area contributed by atoms with Gasteiger partial charge in [-0.15, -0.1) is 0 Å². The fourth-order valence-corrected chi connectivity index (χ4v) is 4.42. The number of nitrogens with zero attached hydrogens (tertiary/aromatic N) is 5. The Hall–Kier alpha value is -3.13. The van der Waals surface area contributed by atoms with E-state index in [-0.39, 0.29) is 0 Å². The van der Waals surface area contributed by atoms with Crippen molar-refractivity contribution in [3.05, 3.63) is 76.5 Å². The number of aryl methyl sites for hydroxylation is 4. The Kier molecular flexibility index (Phi) is 4.32. The molecule has 140 valence electrons. The van der Waals surface area contributed by atoms with Crippen LogP contribution in [0.4, 0.5) is 5.82 Å². The zero-order valence-corrected chi connectivity index (χ0v) is 15.9. The fourth-order valence-electron chi connectivity index (χ4n) is 4.42. The van der Waals surface area contributed by atoms with Crippen LogP contribution >= 0.6 is 0 Å². The van der Waals surface area contributed by atoms with E-state index in [1.807, 2.05) is 6.33 Å². The fraction of sp³-hybridized carbons (Fsp3) is 0.348. The van der Waals surface area contributed by atoms with Gasteiger partial charge in [-0.2, -0.15) is 5.26 Å². The predicted molar refractivity (Wildman–Crippen MR) is 108 cm³/mol. The van der Waals surface area contributed by atoms with Crippen molar-refractivity contribution in [2.45, 2.75) is 45.2 Å². The molecule has 0 saturated carbocycles. The molecule has 0 atom stereocenters. The average molecular weight is 369 g/mol. The topological polar surface area (TPSA) is 57.7 Å². The largest absolute Gasteiger partial charge is 0.349 e. The Morgan fingerprint density at radius 3 is 2.82 bits per heavy atom. The first-order valence-corrected chi connectivity index (χ1v) is 10.1. The lowest BCUT2D eigenvalue weighted by Gasteiger charge is -2.29. The molecule has 0 N–H and O–H groups in total. The second-order valence-electron chi connectivity index (χ2n) is 7.67. The molecule has 1 aliphatic carbocycles. The summed E-state index contributed by atoms with van der Waals surface area (Å²) in [6.45, 7) is 2.56. The second-order valence-corrected chi connectivity index (χ2v) is 7.67. The summed E-state index contributed by atoms with van der Waals surface area (Å²) in [4.78, 5) is 11.8. The lowest BCUT2D eigenvalue weighted by Crippen LogP contribution is -2.32. The molecule has 3 aromatic rings. The molecule has 0 unspecified atom stereocenters. The van der Waals surface area contributed by atoms with Crippen LogP contribution in [0.5, 0.6) is 0 Å². The van der Waals surface area contributed by atoms with Crippen molar-refractivity contribution >= 4 is 5.82 Å². The number of pyridine rings is 1. The second kappa shape index (κ2) is 7.12. The third kappa shape index (κ3) is 3.05. The van der Waals surface area contributed by atoms with Gasteiger partial charge >= 0.3 is 0 Å². The highest BCUT2D eigenvalue weighted by atomic mass is 15.2. The van der Waals surface area contributed by atoms with Gasteiger partial charge in [0.25, 0.3) is 0 Å². The van der Waals surface area contributed by atoms with Crippen LogP contribution in [0, 0.1) is 11.3 Å². The molecular formula is C23H23N5. The van der Waals surface area contributed by atoms with E-state index in [1.54, 1.807) is 0 Å². The normalized spacial score (nSPS) is 15.2. The van der Waals surface area contributed by atoms with E-state index in [4.69, 9.17) is 4.98 Å². The number of aromatic nitrogens is 3. The maximum Gasteiger partial charge on any atom is 0.147 e. The van der Waals surface area contributed by atoms with Gasteiger partial charge in [0.15, 0.2) is 0 Å². The third-order valence-electron chi connectivity index (χ3n) is 5.93. The van der Waals surface area contributed by atoms with Crippen molar-refractivity contribution in [1.82, 2.24) is 14.5 Å². The molecule has 5 heteroatoms. The molecule has 2 aliphatic rings. The lowest BCUT2D eigenvalue weighted by molar-refractivity contribution is 0.622. The zero-order valence-electron chi connectivity index (χ0n) is 15.9. The Morgan fingerprint density at radius 1 is 1.07 bits per heavy atom. The van der Waals surface area contributed by atoms with Gasteiger partial charge in [0.1, 0.15) is 11.9 Å². The van der Waals surface area contributed by atoms with Crippen LogP contribution < -0.4 is 4.90 Å². The molecule has 5 rings (SSSR count). The van der Waals surface area contributed by atoms with E-state index in [0.717, 1.165) is 63.3 Å². The van der Waals surface area contributed by atoms with Crippen LogP contribution in [0.15, 0.2) is 42.7 Å². The molecule has 0 amide bonds. The van der Waals surface area contributed by atoms with E-state index in [1.165, 1.54) is 22.5 Å². The van der Waals surface area contributed by atoms with Gasteiger partial charge in [0, 0.05) is 30.9 Å². The number of fused-ring (bicyclic) bond motifs is 2. The highest BCUT2D eigenvalue weighted by Gasteiger charge is 2.25. The summed E-state index contributed by atoms with van der Waals surface area (Å²) in [5.74, 6) is 0.840. The molecule has 0 bridgehead atoms. The van der Waals surface area contributed by atoms with E-state index in [9.17, 15) is 5.26 Å². The van der Waals surface area contributed by atoms with Crippen molar-refractivity contribution in [1.29, 1.82) is 5.26 Å². The van der Waals surface area contributed by atoms with Crippen molar-refractivity contribution in [2.75, 3.05) is 11.4 Å². The Bertz CT molecular complexity index is 1040. The minimum absolute atomic E-state index is 0.701. The van der Waals surface area contributed by atoms with Crippen molar-refractivity contribution < 1.29 is 0 Å². The molecule has 0 spiro atoms. The first kappa shape index (κ1) is 17.0. The van der Waals surface area contributed by atoms with Gasteiger partial charge in [-0.25, -0.2) is 9.97 Å². The summed E-state index contributed by atoms with van der Waals surface area (Å²) >= 11 is 0. The van der Waals surface area contributed by atoms with Gasteiger partial charge in [0.2, 0.25) is 0 Å². The van der Waals surface area contributed by atoms with Crippen molar-refractivity contribution in [3.8, 4) is 6.07 Å². The van der Waals surface area contributed by atoms with Gasteiger partial charge in [-0.1, -0.05) is 30.3 Å². The summed E-state index contributed by atoms with van der Waals surface area (Å²) in [5, 5.41) is 9.62. The van der Waals surface area contributed by atoms with Crippen molar-refractivity contribution in [3.63, 3.8) is 0 Å². The number of nitriles is 1. The molecule has 0 radical (unpaired) electrons. The van der Waals surface area contributed by atoms with Crippen LogP contribution in [0.1, 0.15) is 40.2 Å². The highest BCUT2D eigenvalue weighted by molar-refractivity contribution is 5.57. The molecule has 28 heavy (non-hydrogen) atoms. The molecule has 0 saturated heterocycles. The molecule has 1 aliphatic heterocycles. The molecule has 1 aromatic carbocycles. The number of hydrogen-bond acceptors (Lipinski definition) is 4. The highest BCUT2D eigenvalue weighted by Crippen LogP contribution is 2.30. The number of rotatable bonds is 4. The van der Waals surface area contributed by atoms with Gasteiger partial charge in [-0.05, 0) is 42.9 Å². The maximum atomic E-state index is 9.62. The van der Waals surface area contributed by atoms with Gasteiger partial charge < -0.3 is 9.47 Å². The van der Waals surface area contributed by atoms with Crippen LogP contribution in [-0.4, -0.2) is 21.1 Å². The maximum absolute atomic E-state index is 9.62. The Balaban J connectivity index is 1.36. The minimum Gasteiger partial charge on any atom is -0.349 e. The summed E-state index contributed by atoms with van der Waals surface area (Å²) in [6, 6.07) is 15.0. The lowest BCUT2D eigenvalue weighted by atomic mass is 10.1. The smallest absolute Gasteiger partial charge is 0.147 e. The minimum atomic E-state index is 0.701. The monoisotopic (exact) mass is 369 g/mol. The van der Waals surface area contributed by atoms with E-state index >= 15 is 0 Å². The summed E-state index contributed by atoms with van der Waals surface area (Å²) in [7, 11) is 0. The van der Waals surface area contributed by atoms with Crippen molar-refractivity contribution in [2.24, 2.45) is 0 Å². The Labute approximate surface area is 165 Å². The number of benzene rings is 1. The van der Waals surface area contributed by atoms with Crippen LogP contribution in [0.2, 0.25) is 0 Å². The molecule has 2 aromatic heterocycles. The Morgan fingerprint density at radius 2 is 1.96 bits per heavy atom. The molecule has 3 heterocycles. The van der Waals surface area contributed by atoms with Gasteiger partial charge in [0.05, 0.1) is 24.1 Å². The number of hydrogen-bond donors (Lipinski definition) is 0. The zero-order chi connectivity index (χ0) is 18.9. The third-order valence-corrected chi connectivity index (χ3v) is 5.93. The standard InChI is InChI=1S/C23H23N5/c24-14-19-13-18-7-4-8-20(18)26-23(19)27-12-10-22-21(15-27)25-16-28(22)11-9-17-5-2-1-3-6-17/h1-3,5-6,13,16H,4,7-12,15H2. The first-order chi connectivity index (χ1) is 13.8. The molecule has 5 nitrogen and oxygen atoms in total. The predicted octanol–water partition coefficient (Wildman–Crippen LogP) is 3.44. The number of anilines is 1. The quantitative estimate of drug-likeness (QED) is 0.707. The number of imidazole rings is 1. The SMILES string of the molecule is N#Cc1cc2c(nc1N1CCc3c(ncn3CCc3ccccc3)C1)CCC2. The molecular weight excluding hydrogens is 346 g/mol. The van der Waals surface area contributed by atoms with Gasteiger partial charge in [-0.3, -0.25) is 0 Å². The molecule has 0 fully saturated rings. The van der Waals surface area contributed by atoms with Crippen LogP contribution in [-0.2, 0) is 38.8 Å². The summed E-state index contributed by atoms with van der Waals surface area (Å²) in [5.41, 5.74) is 6.92. The summed E-state index contributed by atoms with van der Waals surface area (Å²) < 4.78 is 2.29. The van der Waals surface area contributed by atoms with E-state index in [0.29, 0.717) is 5.56 Å².